The maximum absolute atomic E-state index is 12.2. The van der Waals surface area contributed by atoms with Gasteiger partial charge in [-0.05, 0) is 19.4 Å². The van der Waals surface area contributed by atoms with Crippen molar-refractivity contribution in [3.05, 3.63) is 35.9 Å². The quantitative estimate of drug-likeness (QED) is 0.812. The van der Waals surface area contributed by atoms with E-state index in [1.165, 1.54) is 5.56 Å². The van der Waals surface area contributed by atoms with Crippen LogP contribution in [0.15, 0.2) is 30.3 Å². The Morgan fingerprint density at radius 1 is 1.22 bits per heavy atom. The van der Waals surface area contributed by atoms with Crippen LogP contribution in [-0.4, -0.2) is 59.9 Å². The Labute approximate surface area is 137 Å². The van der Waals surface area contributed by atoms with Crippen LogP contribution >= 0.6 is 0 Å². The van der Waals surface area contributed by atoms with Gasteiger partial charge >= 0.3 is 0 Å². The number of hydrogen-bond donors (Lipinski definition) is 2. The van der Waals surface area contributed by atoms with Crippen molar-refractivity contribution in [2.75, 3.05) is 32.7 Å². The molecule has 1 aromatic carbocycles. The van der Waals surface area contributed by atoms with E-state index in [9.17, 15) is 9.59 Å². The van der Waals surface area contributed by atoms with Gasteiger partial charge in [0, 0.05) is 31.7 Å². The first-order valence-electron chi connectivity index (χ1n) is 7.96. The first kappa shape index (κ1) is 17.4. The van der Waals surface area contributed by atoms with Gasteiger partial charge in [-0.3, -0.25) is 14.5 Å². The second kappa shape index (κ2) is 7.57. The standard InChI is InChI=1S/C17H26N4O2/c1-17(2)13-20(16(23)11-19-15(22)10-18)8-9-21(17)12-14-6-4-3-5-7-14/h3-7H,8-13,18H2,1-2H3,(H,19,22). The highest BCUT2D eigenvalue weighted by Gasteiger charge is 2.35. The summed E-state index contributed by atoms with van der Waals surface area (Å²) < 4.78 is 0. The molecule has 0 bridgehead atoms. The monoisotopic (exact) mass is 318 g/mol. The molecule has 1 fully saturated rings. The fourth-order valence-electron chi connectivity index (χ4n) is 2.86. The molecule has 1 aromatic rings. The fourth-order valence-corrected chi connectivity index (χ4v) is 2.86. The normalized spacial score (nSPS) is 17.8. The lowest BCUT2D eigenvalue weighted by molar-refractivity contribution is -0.137. The van der Waals surface area contributed by atoms with Gasteiger partial charge in [0.15, 0.2) is 0 Å². The third kappa shape index (κ3) is 4.77. The van der Waals surface area contributed by atoms with Crippen LogP contribution in [0.1, 0.15) is 19.4 Å². The predicted molar refractivity (Wildman–Crippen MR) is 89.6 cm³/mol. The summed E-state index contributed by atoms with van der Waals surface area (Å²) in [6.07, 6.45) is 0. The summed E-state index contributed by atoms with van der Waals surface area (Å²) in [4.78, 5) is 27.6. The number of nitrogens with two attached hydrogens (primary N) is 1. The third-order valence-corrected chi connectivity index (χ3v) is 4.26. The molecule has 0 spiro atoms. The molecule has 23 heavy (non-hydrogen) atoms. The van der Waals surface area contributed by atoms with Crippen molar-refractivity contribution in [2.45, 2.75) is 25.9 Å². The van der Waals surface area contributed by atoms with Crippen LogP contribution in [0.3, 0.4) is 0 Å². The molecule has 6 nitrogen and oxygen atoms in total. The summed E-state index contributed by atoms with van der Waals surface area (Å²) in [6.45, 7) is 7.24. The van der Waals surface area contributed by atoms with E-state index in [2.05, 4.69) is 36.2 Å². The van der Waals surface area contributed by atoms with Gasteiger partial charge in [-0.25, -0.2) is 0 Å². The second-order valence-corrected chi connectivity index (χ2v) is 6.52. The molecule has 0 aliphatic carbocycles. The Morgan fingerprint density at radius 2 is 1.91 bits per heavy atom. The van der Waals surface area contributed by atoms with Gasteiger partial charge in [-0.2, -0.15) is 0 Å². The zero-order valence-electron chi connectivity index (χ0n) is 13.9. The molecule has 0 saturated carbocycles. The van der Waals surface area contributed by atoms with Gasteiger partial charge in [0.1, 0.15) is 0 Å². The first-order chi connectivity index (χ1) is 10.9. The molecule has 0 aromatic heterocycles. The summed E-state index contributed by atoms with van der Waals surface area (Å²) in [5, 5.41) is 2.54. The van der Waals surface area contributed by atoms with E-state index in [-0.39, 0.29) is 30.4 Å². The van der Waals surface area contributed by atoms with Crippen molar-refractivity contribution in [1.82, 2.24) is 15.1 Å². The Hall–Kier alpha value is -1.92. The van der Waals surface area contributed by atoms with Gasteiger partial charge in [0.05, 0.1) is 13.1 Å². The van der Waals surface area contributed by atoms with E-state index in [0.29, 0.717) is 13.1 Å². The molecule has 1 aliphatic rings. The molecule has 0 radical (unpaired) electrons. The highest BCUT2D eigenvalue weighted by Crippen LogP contribution is 2.23. The lowest BCUT2D eigenvalue weighted by Gasteiger charge is -2.47. The van der Waals surface area contributed by atoms with E-state index in [4.69, 9.17) is 5.73 Å². The second-order valence-electron chi connectivity index (χ2n) is 6.52. The zero-order valence-corrected chi connectivity index (χ0v) is 13.9. The number of nitrogens with one attached hydrogen (secondary N) is 1. The van der Waals surface area contributed by atoms with Crippen LogP contribution in [0, 0.1) is 0 Å². The Balaban J connectivity index is 1.91. The minimum absolute atomic E-state index is 0.0186. The molecule has 1 aliphatic heterocycles. The van der Waals surface area contributed by atoms with Gasteiger partial charge in [-0.15, -0.1) is 0 Å². The Kier molecular flexibility index (Phi) is 5.74. The van der Waals surface area contributed by atoms with E-state index in [1.807, 2.05) is 23.1 Å². The SMILES string of the molecule is CC1(C)CN(C(=O)CNC(=O)CN)CCN1Cc1ccccc1. The van der Waals surface area contributed by atoms with E-state index in [1.54, 1.807) is 0 Å². The van der Waals surface area contributed by atoms with E-state index in [0.717, 1.165) is 13.1 Å². The number of nitrogens with zero attached hydrogens (tertiary/aromatic N) is 2. The van der Waals surface area contributed by atoms with Crippen molar-refractivity contribution in [2.24, 2.45) is 5.73 Å². The summed E-state index contributed by atoms with van der Waals surface area (Å²) in [5.74, 6) is -0.362. The van der Waals surface area contributed by atoms with Crippen molar-refractivity contribution >= 4 is 11.8 Å². The summed E-state index contributed by atoms with van der Waals surface area (Å²) >= 11 is 0. The van der Waals surface area contributed by atoms with Crippen LogP contribution < -0.4 is 11.1 Å². The Bertz CT molecular complexity index is 545. The minimum atomic E-state index is -0.305. The lowest BCUT2D eigenvalue weighted by Crippen LogP contribution is -2.61. The lowest BCUT2D eigenvalue weighted by atomic mass is 9.97. The predicted octanol–water partition coefficient (Wildman–Crippen LogP) is 0.184. The largest absolute Gasteiger partial charge is 0.346 e. The molecule has 1 heterocycles. The zero-order chi connectivity index (χ0) is 16.9. The average Bonchev–Trinajstić information content (AvgIpc) is 2.54. The van der Waals surface area contributed by atoms with Crippen molar-refractivity contribution in [1.29, 1.82) is 0 Å². The molecule has 0 atom stereocenters. The number of amides is 2. The number of carbonyl (C=O) groups is 2. The molecule has 2 rings (SSSR count). The smallest absolute Gasteiger partial charge is 0.242 e. The number of benzene rings is 1. The van der Waals surface area contributed by atoms with Gasteiger partial charge in [0.25, 0.3) is 0 Å². The number of piperazine rings is 1. The molecule has 126 valence electrons. The highest BCUT2D eigenvalue weighted by molar-refractivity contribution is 5.85. The van der Waals surface area contributed by atoms with Crippen molar-refractivity contribution in [3.8, 4) is 0 Å². The van der Waals surface area contributed by atoms with Crippen molar-refractivity contribution in [3.63, 3.8) is 0 Å². The van der Waals surface area contributed by atoms with Crippen LogP contribution in [0.25, 0.3) is 0 Å². The van der Waals surface area contributed by atoms with Crippen LogP contribution in [0.4, 0.5) is 0 Å². The number of carbonyl (C=O) groups excluding carboxylic acids is 2. The van der Waals surface area contributed by atoms with Crippen LogP contribution in [0.2, 0.25) is 0 Å². The first-order valence-corrected chi connectivity index (χ1v) is 7.96. The van der Waals surface area contributed by atoms with Crippen LogP contribution in [0.5, 0.6) is 0 Å². The van der Waals surface area contributed by atoms with Crippen LogP contribution in [-0.2, 0) is 16.1 Å². The molecule has 0 unspecified atom stereocenters. The highest BCUT2D eigenvalue weighted by atomic mass is 16.2. The number of rotatable bonds is 5. The van der Waals surface area contributed by atoms with Crippen molar-refractivity contribution < 1.29 is 9.59 Å². The van der Waals surface area contributed by atoms with E-state index < -0.39 is 0 Å². The topological polar surface area (TPSA) is 78.7 Å². The molecular weight excluding hydrogens is 292 g/mol. The van der Waals surface area contributed by atoms with Gasteiger partial charge < -0.3 is 16.0 Å². The average molecular weight is 318 g/mol. The third-order valence-electron chi connectivity index (χ3n) is 4.26. The molecular formula is C17H26N4O2. The van der Waals surface area contributed by atoms with Gasteiger partial charge in [0.2, 0.25) is 11.8 Å². The summed E-state index contributed by atoms with van der Waals surface area (Å²) in [5.41, 5.74) is 6.39. The van der Waals surface area contributed by atoms with Gasteiger partial charge in [-0.1, -0.05) is 30.3 Å². The maximum atomic E-state index is 12.2. The minimum Gasteiger partial charge on any atom is -0.346 e. The number of hydrogen-bond acceptors (Lipinski definition) is 4. The molecule has 3 N–H and O–H groups in total. The Morgan fingerprint density at radius 3 is 2.52 bits per heavy atom. The van der Waals surface area contributed by atoms with E-state index >= 15 is 0 Å². The molecule has 6 heteroatoms. The fraction of sp³-hybridized carbons (Fsp3) is 0.529. The molecule has 2 amide bonds. The molecule has 1 saturated heterocycles. The summed E-state index contributed by atoms with van der Waals surface area (Å²) in [7, 11) is 0. The summed E-state index contributed by atoms with van der Waals surface area (Å²) in [6, 6.07) is 10.3. The maximum Gasteiger partial charge on any atom is 0.242 e.